The van der Waals surface area contributed by atoms with Crippen molar-refractivity contribution in [1.82, 2.24) is 4.98 Å². The normalized spacial score (nSPS) is 9.94. The zero-order valence-corrected chi connectivity index (χ0v) is 10.9. The van der Waals surface area contributed by atoms with Gasteiger partial charge >= 0.3 is 0 Å². The van der Waals surface area contributed by atoms with Crippen molar-refractivity contribution >= 4 is 34.2 Å². The molecule has 1 amide bonds. The highest BCUT2D eigenvalue weighted by Gasteiger charge is 2.07. The summed E-state index contributed by atoms with van der Waals surface area (Å²) in [6, 6.07) is 10.3. The highest BCUT2D eigenvalue weighted by molar-refractivity contribution is 14.1. The molecule has 0 bridgehead atoms. The number of para-hydroxylation sites is 1. The summed E-state index contributed by atoms with van der Waals surface area (Å²) in [5, 5.41) is 2.75. The summed E-state index contributed by atoms with van der Waals surface area (Å²) in [6.45, 7) is 0. The third-order valence-electron chi connectivity index (χ3n) is 2.16. The molecular weight excluding hydrogens is 331 g/mol. The van der Waals surface area contributed by atoms with Crippen LogP contribution in [-0.4, -0.2) is 10.9 Å². The molecule has 1 aromatic carbocycles. The van der Waals surface area contributed by atoms with Gasteiger partial charge in [-0.05, 0) is 40.8 Å². The van der Waals surface area contributed by atoms with E-state index in [4.69, 9.17) is 0 Å². The lowest BCUT2D eigenvalue weighted by Crippen LogP contribution is -2.16. The van der Waals surface area contributed by atoms with Crippen LogP contribution in [0.2, 0.25) is 0 Å². The maximum Gasteiger partial charge on any atom is 0.255 e. The molecule has 2 N–H and O–H groups in total. The van der Waals surface area contributed by atoms with Gasteiger partial charge in [-0.15, -0.1) is 0 Å². The van der Waals surface area contributed by atoms with Gasteiger partial charge in [0.1, 0.15) is 0 Å². The number of halogens is 1. The second-order valence-electron chi connectivity index (χ2n) is 3.38. The van der Waals surface area contributed by atoms with E-state index in [0.29, 0.717) is 5.56 Å². The predicted molar refractivity (Wildman–Crippen MR) is 74.2 cm³/mol. The first-order valence-corrected chi connectivity index (χ1v) is 5.99. The molecule has 0 atom stereocenters. The van der Waals surface area contributed by atoms with Crippen LogP contribution in [0, 0.1) is 3.57 Å². The van der Waals surface area contributed by atoms with Gasteiger partial charge in [-0.1, -0.05) is 12.1 Å². The van der Waals surface area contributed by atoms with Crippen LogP contribution in [0.5, 0.6) is 0 Å². The van der Waals surface area contributed by atoms with Crippen molar-refractivity contribution in [2.24, 2.45) is 0 Å². The Kier molecular flexibility index (Phi) is 3.58. The third-order valence-corrected chi connectivity index (χ3v) is 3.10. The Hall–Kier alpha value is -1.63. The fourth-order valence-corrected chi connectivity index (χ4v) is 1.87. The first-order valence-electron chi connectivity index (χ1n) is 4.91. The highest BCUT2D eigenvalue weighted by Crippen LogP contribution is 2.17. The van der Waals surface area contributed by atoms with Crippen LogP contribution in [0.25, 0.3) is 0 Å². The molecule has 0 aliphatic rings. The van der Waals surface area contributed by atoms with E-state index in [0.717, 1.165) is 9.26 Å². The molecule has 86 valence electrons. The van der Waals surface area contributed by atoms with E-state index in [-0.39, 0.29) is 11.5 Å². The van der Waals surface area contributed by atoms with Crippen LogP contribution in [0.4, 0.5) is 5.69 Å². The molecule has 0 saturated carbocycles. The van der Waals surface area contributed by atoms with Crippen molar-refractivity contribution in [3.8, 4) is 0 Å². The average Bonchev–Trinajstić information content (AvgIpc) is 2.32. The summed E-state index contributed by atoms with van der Waals surface area (Å²) in [5.41, 5.74) is 0.784. The number of carbonyl (C=O) groups is 1. The Morgan fingerprint density at radius 2 is 2.00 bits per heavy atom. The molecule has 0 spiro atoms. The Labute approximate surface area is 111 Å². The fourth-order valence-electron chi connectivity index (χ4n) is 1.34. The van der Waals surface area contributed by atoms with E-state index < -0.39 is 0 Å². The number of nitrogens with one attached hydrogen (secondary N) is 2. The number of benzene rings is 1. The van der Waals surface area contributed by atoms with Crippen LogP contribution >= 0.6 is 22.6 Å². The molecule has 1 aromatic heterocycles. The van der Waals surface area contributed by atoms with Crippen molar-refractivity contribution < 1.29 is 4.79 Å². The minimum absolute atomic E-state index is 0.291. The molecule has 1 heterocycles. The maximum atomic E-state index is 11.9. The van der Waals surface area contributed by atoms with Gasteiger partial charge in [-0.2, -0.15) is 0 Å². The summed E-state index contributed by atoms with van der Waals surface area (Å²) in [5.74, 6) is -0.291. The molecule has 2 rings (SSSR count). The molecule has 17 heavy (non-hydrogen) atoms. The van der Waals surface area contributed by atoms with E-state index in [1.807, 2.05) is 24.3 Å². The Bertz CT molecular complexity index is 607. The van der Waals surface area contributed by atoms with Gasteiger partial charge < -0.3 is 10.3 Å². The SMILES string of the molecule is O=C(Nc1ccccc1I)c1cc[nH]c(=O)c1. The van der Waals surface area contributed by atoms with Gasteiger partial charge in [0.2, 0.25) is 5.56 Å². The second-order valence-corrected chi connectivity index (χ2v) is 4.54. The number of hydrogen-bond acceptors (Lipinski definition) is 2. The van der Waals surface area contributed by atoms with Crippen LogP contribution in [0.3, 0.4) is 0 Å². The van der Waals surface area contributed by atoms with E-state index in [2.05, 4.69) is 32.9 Å². The Morgan fingerprint density at radius 1 is 1.24 bits per heavy atom. The van der Waals surface area contributed by atoms with Crippen LogP contribution in [0.15, 0.2) is 47.4 Å². The summed E-state index contributed by atoms with van der Waals surface area (Å²) < 4.78 is 0.947. The number of carbonyl (C=O) groups excluding carboxylic acids is 1. The second kappa shape index (κ2) is 5.13. The zero-order chi connectivity index (χ0) is 12.3. The standard InChI is InChI=1S/C12H9IN2O2/c13-9-3-1-2-4-10(9)15-12(17)8-5-6-14-11(16)7-8/h1-7H,(H,14,16)(H,15,17). The van der Waals surface area contributed by atoms with Crippen molar-refractivity contribution in [2.45, 2.75) is 0 Å². The monoisotopic (exact) mass is 340 g/mol. The fraction of sp³-hybridized carbons (Fsp3) is 0. The van der Waals surface area contributed by atoms with E-state index in [9.17, 15) is 9.59 Å². The first-order chi connectivity index (χ1) is 8.16. The number of rotatable bonds is 2. The van der Waals surface area contributed by atoms with E-state index in [1.54, 1.807) is 6.07 Å². The lowest BCUT2D eigenvalue weighted by atomic mass is 10.2. The number of pyridine rings is 1. The van der Waals surface area contributed by atoms with E-state index in [1.165, 1.54) is 12.3 Å². The predicted octanol–water partition coefficient (Wildman–Crippen LogP) is 2.23. The molecule has 4 nitrogen and oxygen atoms in total. The number of aromatic nitrogens is 1. The van der Waals surface area contributed by atoms with Gasteiger partial charge in [0.25, 0.3) is 5.91 Å². The number of anilines is 1. The number of amides is 1. The molecule has 2 aromatic rings. The molecule has 0 saturated heterocycles. The number of hydrogen-bond donors (Lipinski definition) is 2. The third kappa shape index (κ3) is 2.94. The van der Waals surface area contributed by atoms with Crippen LogP contribution < -0.4 is 10.9 Å². The van der Waals surface area contributed by atoms with Crippen LogP contribution in [0.1, 0.15) is 10.4 Å². The molecule has 0 radical (unpaired) electrons. The maximum absolute atomic E-state index is 11.9. The average molecular weight is 340 g/mol. The molecule has 0 aliphatic carbocycles. The molecule has 0 fully saturated rings. The van der Waals surface area contributed by atoms with Gasteiger partial charge in [0.05, 0.1) is 5.69 Å². The Morgan fingerprint density at radius 3 is 2.71 bits per heavy atom. The zero-order valence-electron chi connectivity index (χ0n) is 8.74. The highest BCUT2D eigenvalue weighted by atomic mass is 127. The van der Waals surface area contributed by atoms with Crippen molar-refractivity contribution in [3.05, 3.63) is 62.1 Å². The number of aromatic amines is 1. The smallest absolute Gasteiger partial charge is 0.255 e. The largest absolute Gasteiger partial charge is 0.329 e. The van der Waals surface area contributed by atoms with Gasteiger partial charge in [-0.25, -0.2) is 0 Å². The lowest BCUT2D eigenvalue weighted by Gasteiger charge is -2.06. The first kappa shape index (κ1) is 11.8. The van der Waals surface area contributed by atoms with Gasteiger partial charge in [0, 0.05) is 21.4 Å². The van der Waals surface area contributed by atoms with Gasteiger partial charge in [0.15, 0.2) is 0 Å². The minimum atomic E-state index is -0.291. The molecule has 5 heteroatoms. The van der Waals surface area contributed by atoms with Gasteiger partial charge in [-0.3, -0.25) is 9.59 Å². The van der Waals surface area contributed by atoms with Crippen LogP contribution in [-0.2, 0) is 0 Å². The Balaban J connectivity index is 2.23. The summed E-state index contributed by atoms with van der Waals surface area (Å²) in [6.07, 6.45) is 1.45. The topological polar surface area (TPSA) is 62.0 Å². The summed E-state index contributed by atoms with van der Waals surface area (Å²) in [4.78, 5) is 25.4. The lowest BCUT2D eigenvalue weighted by molar-refractivity contribution is 0.102. The van der Waals surface area contributed by atoms with Crippen molar-refractivity contribution in [2.75, 3.05) is 5.32 Å². The summed E-state index contributed by atoms with van der Waals surface area (Å²) >= 11 is 2.14. The number of H-pyrrole nitrogens is 1. The quantitative estimate of drug-likeness (QED) is 0.824. The summed E-state index contributed by atoms with van der Waals surface area (Å²) in [7, 11) is 0. The van der Waals surface area contributed by atoms with E-state index >= 15 is 0 Å². The van der Waals surface area contributed by atoms with Crippen molar-refractivity contribution in [3.63, 3.8) is 0 Å². The van der Waals surface area contributed by atoms with Crippen molar-refractivity contribution in [1.29, 1.82) is 0 Å². The minimum Gasteiger partial charge on any atom is -0.329 e. The molecule has 0 unspecified atom stereocenters. The molecule has 0 aliphatic heterocycles. The molecular formula is C12H9IN2O2.